The third-order valence-corrected chi connectivity index (χ3v) is 6.04. The number of carbonyl (C=O) groups excluding carboxylic acids is 5. The number of benzene rings is 1. The van der Waals surface area contributed by atoms with Crippen molar-refractivity contribution in [3.05, 3.63) is 35.9 Å². The number of carboxylic acid groups (broad SMARTS) is 1. The van der Waals surface area contributed by atoms with E-state index < -0.39 is 59.7 Å². The molecule has 5 atom stereocenters. The first-order valence-electron chi connectivity index (χ1n) is 12.4. The summed E-state index contributed by atoms with van der Waals surface area (Å²) in [5, 5.41) is 17.1. The van der Waals surface area contributed by atoms with Gasteiger partial charge in [-0.05, 0) is 24.3 Å². The zero-order valence-corrected chi connectivity index (χ0v) is 21.6. The summed E-state index contributed by atoms with van der Waals surface area (Å²) in [4.78, 5) is 73.0. The number of hydrogen-bond acceptors (Lipinski definition) is 7. The van der Waals surface area contributed by atoms with Crippen molar-refractivity contribution in [2.24, 2.45) is 23.1 Å². The fourth-order valence-electron chi connectivity index (χ4n) is 3.53. The molecular weight excluding hydrogens is 496 g/mol. The molecule has 5 unspecified atom stereocenters. The highest BCUT2D eigenvalue weighted by molar-refractivity contribution is 5.94. The van der Waals surface area contributed by atoms with Crippen LogP contribution in [0.5, 0.6) is 0 Å². The molecule has 1 aromatic rings. The summed E-state index contributed by atoms with van der Waals surface area (Å²) in [6.07, 6.45) is -0.118. The van der Waals surface area contributed by atoms with Gasteiger partial charge in [-0.2, -0.15) is 0 Å². The highest BCUT2D eigenvalue weighted by Crippen LogP contribution is 2.11. The highest BCUT2D eigenvalue weighted by Gasteiger charge is 2.32. The molecule has 0 fully saturated rings. The van der Waals surface area contributed by atoms with Crippen molar-refractivity contribution in [1.29, 1.82) is 0 Å². The van der Waals surface area contributed by atoms with Crippen molar-refractivity contribution in [2.45, 2.75) is 76.5 Å². The molecule has 0 bridgehead atoms. The summed E-state index contributed by atoms with van der Waals surface area (Å²) in [6.45, 7) is 3.47. The number of nitrogens with two attached hydrogens (primary N) is 3. The van der Waals surface area contributed by atoms with Crippen molar-refractivity contribution in [3.63, 3.8) is 0 Å². The molecule has 38 heavy (non-hydrogen) atoms. The van der Waals surface area contributed by atoms with E-state index in [1.807, 2.05) is 0 Å². The molecule has 5 amide bonds. The minimum Gasteiger partial charge on any atom is -0.480 e. The summed E-state index contributed by atoms with van der Waals surface area (Å²) >= 11 is 0. The average molecular weight is 535 g/mol. The predicted molar refractivity (Wildman–Crippen MR) is 138 cm³/mol. The van der Waals surface area contributed by atoms with Gasteiger partial charge in [-0.25, -0.2) is 4.79 Å². The van der Waals surface area contributed by atoms with Crippen molar-refractivity contribution >= 4 is 35.5 Å². The van der Waals surface area contributed by atoms with Crippen LogP contribution in [-0.4, -0.2) is 64.8 Å². The molecule has 210 valence electrons. The SMILES string of the molecule is CCC(C)C(NC(=O)C(Cc1ccccc1)NC(=O)C(CCC(N)=O)NC(=O)C(N)CCC(N)=O)C(=O)O. The van der Waals surface area contributed by atoms with Gasteiger partial charge in [-0.1, -0.05) is 50.6 Å². The first-order valence-corrected chi connectivity index (χ1v) is 12.4. The third kappa shape index (κ3) is 11.4. The molecule has 0 saturated heterocycles. The van der Waals surface area contributed by atoms with Gasteiger partial charge in [-0.15, -0.1) is 0 Å². The molecule has 0 heterocycles. The van der Waals surface area contributed by atoms with E-state index in [4.69, 9.17) is 17.2 Å². The van der Waals surface area contributed by atoms with E-state index in [9.17, 15) is 33.9 Å². The van der Waals surface area contributed by atoms with Crippen LogP contribution in [0.15, 0.2) is 30.3 Å². The number of aliphatic carboxylic acids is 1. The molecular formula is C25H38N6O7. The summed E-state index contributed by atoms with van der Waals surface area (Å²) in [5.74, 6) is -5.25. The van der Waals surface area contributed by atoms with Crippen LogP contribution in [-0.2, 0) is 35.2 Å². The Balaban J connectivity index is 3.15. The Morgan fingerprint density at radius 2 is 1.34 bits per heavy atom. The summed E-state index contributed by atoms with van der Waals surface area (Å²) in [7, 11) is 0. The van der Waals surface area contributed by atoms with Crippen molar-refractivity contribution in [3.8, 4) is 0 Å². The normalized spacial score (nSPS) is 14.7. The minimum absolute atomic E-state index is 0.0276. The van der Waals surface area contributed by atoms with E-state index in [1.54, 1.807) is 44.2 Å². The zero-order chi connectivity index (χ0) is 28.8. The predicted octanol–water partition coefficient (Wildman–Crippen LogP) is -1.33. The Labute approximate surface area is 221 Å². The maximum Gasteiger partial charge on any atom is 0.326 e. The lowest BCUT2D eigenvalue weighted by Gasteiger charge is -2.26. The Kier molecular flexibility index (Phi) is 13.5. The average Bonchev–Trinajstić information content (AvgIpc) is 2.87. The number of primary amides is 2. The molecule has 0 aliphatic rings. The molecule has 10 N–H and O–H groups in total. The van der Waals surface area contributed by atoms with E-state index >= 15 is 0 Å². The molecule has 13 heteroatoms. The first kappa shape index (κ1) is 32.0. The molecule has 0 radical (unpaired) electrons. The van der Waals surface area contributed by atoms with E-state index in [1.165, 1.54) is 0 Å². The smallest absolute Gasteiger partial charge is 0.326 e. The largest absolute Gasteiger partial charge is 0.480 e. The van der Waals surface area contributed by atoms with Crippen molar-refractivity contribution < 1.29 is 33.9 Å². The van der Waals surface area contributed by atoms with Crippen LogP contribution in [0.4, 0.5) is 0 Å². The molecule has 0 aromatic heterocycles. The van der Waals surface area contributed by atoms with Gasteiger partial charge in [0.15, 0.2) is 0 Å². The fraction of sp³-hybridized carbons (Fsp3) is 0.520. The standard InChI is InChI=1S/C25H38N6O7/c1-3-14(2)21(25(37)38)31-24(36)18(13-15-7-5-4-6-8-15)30-23(35)17(10-12-20(28)33)29-22(34)16(26)9-11-19(27)32/h4-8,14,16-18,21H,3,9-13,26H2,1-2H3,(H2,27,32)(H2,28,33)(H,29,34)(H,30,35)(H,31,36)(H,37,38). The summed E-state index contributed by atoms with van der Waals surface area (Å²) < 4.78 is 0. The number of hydrogen-bond donors (Lipinski definition) is 7. The van der Waals surface area contributed by atoms with Gasteiger partial charge in [0, 0.05) is 19.3 Å². The number of carbonyl (C=O) groups is 6. The van der Waals surface area contributed by atoms with Gasteiger partial charge in [-0.3, -0.25) is 24.0 Å². The Morgan fingerprint density at radius 3 is 1.87 bits per heavy atom. The maximum absolute atomic E-state index is 13.2. The van der Waals surface area contributed by atoms with Crippen LogP contribution < -0.4 is 33.2 Å². The zero-order valence-electron chi connectivity index (χ0n) is 21.6. The van der Waals surface area contributed by atoms with Crippen LogP contribution in [0.2, 0.25) is 0 Å². The number of carboxylic acids is 1. The third-order valence-electron chi connectivity index (χ3n) is 6.04. The van der Waals surface area contributed by atoms with Gasteiger partial charge >= 0.3 is 5.97 Å². The molecule has 1 aromatic carbocycles. The second kappa shape index (κ2) is 16.0. The molecule has 13 nitrogen and oxygen atoms in total. The van der Waals surface area contributed by atoms with Crippen molar-refractivity contribution in [2.75, 3.05) is 0 Å². The van der Waals surface area contributed by atoms with Crippen LogP contribution in [0, 0.1) is 5.92 Å². The van der Waals surface area contributed by atoms with Crippen LogP contribution in [0.1, 0.15) is 51.5 Å². The lowest BCUT2D eigenvalue weighted by molar-refractivity contribution is -0.143. The van der Waals surface area contributed by atoms with Gasteiger partial charge < -0.3 is 38.3 Å². The van der Waals surface area contributed by atoms with Crippen LogP contribution in [0.25, 0.3) is 0 Å². The second-order valence-corrected chi connectivity index (χ2v) is 9.14. The summed E-state index contributed by atoms with van der Waals surface area (Å²) in [6, 6.07) is 3.91. The Hall–Kier alpha value is -4.00. The Bertz CT molecular complexity index is 988. The maximum atomic E-state index is 13.2. The topological polar surface area (TPSA) is 237 Å². The van der Waals surface area contributed by atoms with Gasteiger partial charge in [0.2, 0.25) is 29.5 Å². The van der Waals surface area contributed by atoms with E-state index in [-0.39, 0.29) is 38.0 Å². The number of nitrogens with one attached hydrogen (secondary N) is 3. The van der Waals surface area contributed by atoms with Crippen LogP contribution >= 0.6 is 0 Å². The van der Waals surface area contributed by atoms with Crippen molar-refractivity contribution in [1.82, 2.24) is 16.0 Å². The quantitative estimate of drug-likeness (QED) is 0.126. The molecule has 0 saturated carbocycles. The molecule has 1 rings (SSSR count). The van der Waals surface area contributed by atoms with Gasteiger partial charge in [0.25, 0.3) is 0 Å². The van der Waals surface area contributed by atoms with Gasteiger partial charge in [0.05, 0.1) is 6.04 Å². The monoisotopic (exact) mass is 534 g/mol. The lowest BCUT2D eigenvalue weighted by atomic mass is 9.98. The fourth-order valence-corrected chi connectivity index (χ4v) is 3.53. The second-order valence-electron chi connectivity index (χ2n) is 9.14. The van der Waals surface area contributed by atoms with E-state index in [0.717, 1.165) is 0 Å². The minimum atomic E-state index is -1.29. The number of amides is 5. The van der Waals surface area contributed by atoms with E-state index in [2.05, 4.69) is 16.0 Å². The molecule has 0 aliphatic heterocycles. The van der Waals surface area contributed by atoms with E-state index in [0.29, 0.717) is 12.0 Å². The molecule has 0 aliphatic carbocycles. The summed E-state index contributed by atoms with van der Waals surface area (Å²) in [5.41, 5.74) is 16.8. The number of rotatable bonds is 17. The lowest BCUT2D eigenvalue weighted by Crippen LogP contribution is -2.58. The van der Waals surface area contributed by atoms with Gasteiger partial charge in [0.1, 0.15) is 18.1 Å². The molecule has 0 spiro atoms. The van der Waals surface area contributed by atoms with Crippen LogP contribution in [0.3, 0.4) is 0 Å². The first-order chi connectivity index (χ1) is 17.8. The Morgan fingerprint density at radius 1 is 0.816 bits per heavy atom. The highest BCUT2D eigenvalue weighted by atomic mass is 16.4.